The minimum absolute atomic E-state index is 0.223. The van der Waals surface area contributed by atoms with Crippen LogP contribution in [-0.2, 0) is 9.59 Å². The summed E-state index contributed by atoms with van der Waals surface area (Å²) in [5.41, 5.74) is 0.223. The first kappa shape index (κ1) is 14.9. The van der Waals surface area contributed by atoms with E-state index >= 15 is 0 Å². The van der Waals surface area contributed by atoms with Gasteiger partial charge < -0.3 is 10.4 Å². The number of hydrogen-bond donors (Lipinski definition) is 2. The summed E-state index contributed by atoms with van der Waals surface area (Å²) < 4.78 is 26.9. The first-order valence-corrected chi connectivity index (χ1v) is 7.45. The number of benzene rings is 1. The molecule has 6 heteroatoms. The van der Waals surface area contributed by atoms with Crippen molar-refractivity contribution < 1.29 is 23.5 Å². The maximum absolute atomic E-state index is 13.7. The van der Waals surface area contributed by atoms with Crippen LogP contribution >= 0.6 is 0 Å². The molecular weight excluding hydrogens is 292 g/mol. The van der Waals surface area contributed by atoms with Crippen molar-refractivity contribution in [3.63, 3.8) is 0 Å². The molecule has 0 spiro atoms. The van der Waals surface area contributed by atoms with Gasteiger partial charge in [-0.25, -0.2) is 8.78 Å². The lowest BCUT2D eigenvalue weighted by Crippen LogP contribution is -2.41. The highest BCUT2D eigenvalue weighted by molar-refractivity contribution is 5.84. The van der Waals surface area contributed by atoms with Gasteiger partial charge in [-0.2, -0.15) is 0 Å². The van der Waals surface area contributed by atoms with E-state index in [-0.39, 0.29) is 23.4 Å². The zero-order valence-corrected chi connectivity index (χ0v) is 11.9. The topological polar surface area (TPSA) is 66.4 Å². The van der Waals surface area contributed by atoms with Gasteiger partial charge in [0.15, 0.2) is 0 Å². The highest BCUT2D eigenvalue weighted by atomic mass is 19.1. The second kappa shape index (κ2) is 5.66. The third kappa shape index (κ3) is 2.82. The van der Waals surface area contributed by atoms with Gasteiger partial charge in [0.2, 0.25) is 5.91 Å². The summed E-state index contributed by atoms with van der Waals surface area (Å²) in [5, 5.41) is 11.9. The van der Waals surface area contributed by atoms with Crippen LogP contribution in [0.25, 0.3) is 0 Å². The van der Waals surface area contributed by atoms with Crippen molar-refractivity contribution in [1.82, 2.24) is 5.32 Å². The Labute approximate surface area is 126 Å². The molecule has 1 aromatic rings. The zero-order valence-electron chi connectivity index (χ0n) is 11.9. The fourth-order valence-electron chi connectivity index (χ4n) is 3.35. The number of nitrogens with one attached hydrogen (secondary N) is 1. The molecule has 0 aliphatic heterocycles. The Bertz CT molecular complexity index is 619. The number of halogens is 2. The maximum atomic E-state index is 13.7. The van der Waals surface area contributed by atoms with Crippen molar-refractivity contribution in [3.05, 3.63) is 35.4 Å². The lowest BCUT2D eigenvalue weighted by Gasteiger charge is -2.17. The van der Waals surface area contributed by atoms with Crippen molar-refractivity contribution in [2.45, 2.75) is 37.6 Å². The number of rotatable bonds is 4. The second-order valence-corrected chi connectivity index (χ2v) is 6.11. The monoisotopic (exact) mass is 309 g/mol. The fraction of sp³-hybridized carbons (Fsp3) is 0.500. The molecule has 22 heavy (non-hydrogen) atoms. The van der Waals surface area contributed by atoms with Gasteiger partial charge in [0.1, 0.15) is 11.6 Å². The number of carbonyl (C=O) groups is 2. The van der Waals surface area contributed by atoms with Gasteiger partial charge in [0, 0.05) is 12.0 Å². The van der Waals surface area contributed by atoms with E-state index in [0.29, 0.717) is 19.3 Å². The van der Waals surface area contributed by atoms with Crippen LogP contribution in [0.4, 0.5) is 8.78 Å². The van der Waals surface area contributed by atoms with Crippen LogP contribution < -0.4 is 5.32 Å². The molecule has 0 aromatic heterocycles. The highest BCUT2D eigenvalue weighted by Crippen LogP contribution is 2.48. The molecule has 1 aromatic carbocycles. The van der Waals surface area contributed by atoms with Crippen molar-refractivity contribution in [1.29, 1.82) is 0 Å². The summed E-state index contributed by atoms with van der Waals surface area (Å²) in [4.78, 5) is 23.3. The molecule has 0 radical (unpaired) electrons. The molecule has 2 saturated carbocycles. The van der Waals surface area contributed by atoms with Crippen LogP contribution in [0.5, 0.6) is 0 Å². The normalized spacial score (nSPS) is 30.1. The van der Waals surface area contributed by atoms with Gasteiger partial charge in [-0.15, -0.1) is 0 Å². The van der Waals surface area contributed by atoms with Gasteiger partial charge in [-0.1, -0.05) is 6.42 Å². The summed E-state index contributed by atoms with van der Waals surface area (Å²) >= 11 is 0. The van der Waals surface area contributed by atoms with E-state index in [0.717, 1.165) is 24.6 Å². The van der Waals surface area contributed by atoms with Gasteiger partial charge in [0.05, 0.1) is 5.92 Å². The molecule has 4 atom stereocenters. The number of hydrogen-bond acceptors (Lipinski definition) is 2. The van der Waals surface area contributed by atoms with E-state index in [4.69, 9.17) is 5.11 Å². The highest BCUT2D eigenvalue weighted by Gasteiger charge is 2.46. The van der Waals surface area contributed by atoms with E-state index in [1.54, 1.807) is 0 Å². The molecule has 118 valence electrons. The summed E-state index contributed by atoms with van der Waals surface area (Å²) in [6.45, 7) is 0. The quantitative estimate of drug-likeness (QED) is 0.898. The molecule has 3 rings (SSSR count). The molecule has 0 saturated heterocycles. The van der Waals surface area contributed by atoms with E-state index < -0.39 is 29.4 Å². The lowest BCUT2D eigenvalue weighted by molar-refractivity contribution is -0.142. The molecule has 0 bridgehead atoms. The van der Waals surface area contributed by atoms with E-state index in [2.05, 4.69) is 5.32 Å². The van der Waals surface area contributed by atoms with Crippen LogP contribution in [0.3, 0.4) is 0 Å². The Morgan fingerprint density at radius 3 is 2.68 bits per heavy atom. The SMILES string of the molecule is O=C(N[C@H]1CCC[C@H]1C(=O)O)C1CC1c1cc(F)ccc1F. The van der Waals surface area contributed by atoms with E-state index in [1.807, 2.05) is 0 Å². The summed E-state index contributed by atoms with van der Waals surface area (Å²) in [6.07, 6.45) is 2.45. The number of carboxylic acids is 1. The van der Waals surface area contributed by atoms with Gasteiger partial charge in [-0.05, 0) is 48.9 Å². The Morgan fingerprint density at radius 2 is 1.95 bits per heavy atom. The Balaban J connectivity index is 1.63. The van der Waals surface area contributed by atoms with Crippen LogP contribution in [0.2, 0.25) is 0 Å². The Morgan fingerprint density at radius 1 is 1.18 bits per heavy atom. The minimum Gasteiger partial charge on any atom is -0.481 e. The molecule has 0 heterocycles. The number of carboxylic acid groups (broad SMARTS) is 1. The average molecular weight is 309 g/mol. The summed E-state index contributed by atoms with van der Waals surface area (Å²) in [6, 6.07) is 2.88. The number of amides is 1. The van der Waals surface area contributed by atoms with E-state index in [1.165, 1.54) is 0 Å². The van der Waals surface area contributed by atoms with Crippen molar-refractivity contribution in [3.8, 4) is 0 Å². The maximum Gasteiger partial charge on any atom is 0.308 e. The summed E-state index contributed by atoms with van der Waals surface area (Å²) in [5.74, 6) is -3.45. The first-order valence-electron chi connectivity index (χ1n) is 7.45. The largest absolute Gasteiger partial charge is 0.481 e. The molecule has 2 unspecified atom stereocenters. The molecule has 1 amide bonds. The van der Waals surface area contributed by atoms with Gasteiger partial charge >= 0.3 is 5.97 Å². The van der Waals surface area contributed by atoms with Crippen molar-refractivity contribution in [2.24, 2.45) is 11.8 Å². The molecular formula is C16H17F2NO3. The molecule has 2 fully saturated rings. The van der Waals surface area contributed by atoms with Gasteiger partial charge in [-0.3, -0.25) is 9.59 Å². The predicted molar refractivity (Wildman–Crippen MR) is 74.1 cm³/mol. The molecule has 2 aliphatic rings. The third-order valence-corrected chi connectivity index (χ3v) is 4.65. The molecule has 2 aliphatic carbocycles. The fourth-order valence-corrected chi connectivity index (χ4v) is 3.35. The lowest BCUT2D eigenvalue weighted by atomic mass is 10.0. The van der Waals surface area contributed by atoms with Crippen molar-refractivity contribution >= 4 is 11.9 Å². The number of carbonyl (C=O) groups excluding carboxylic acids is 1. The smallest absolute Gasteiger partial charge is 0.308 e. The standard InChI is InChI=1S/C16H17F2NO3/c17-8-4-5-13(18)11(6-8)10-7-12(10)15(20)19-14-3-1-2-9(14)16(21)22/h4-6,9-10,12,14H,1-3,7H2,(H,19,20)(H,21,22)/t9-,10?,12?,14+/m1/s1. The van der Waals surface area contributed by atoms with Crippen LogP contribution in [0.15, 0.2) is 18.2 Å². The zero-order chi connectivity index (χ0) is 15.9. The van der Waals surface area contributed by atoms with Crippen LogP contribution in [-0.4, -0.2) is 23.0 Å². The first-order chi connectivity index (χ1) is 10.5. The Hall–Kier alpha value is -1.98. The molecule has 2 N–H and O–H groups in total. The van der Waals surface area contributed by atoms with Crippen LogP contribution in [0.1, 0.15) is 37.2 Å². The second-order valence-electron chi connectivity index (χ2n) is 6.11. The minimum atomic E-state index is -0.897. The average Bonchev–Trinajstić information content (AvgIpc) is 3.13. The third-order valence-electron chi connectivity index (χ3n) is 4.65. The Kier molecular flexibility index (Phi) is 3.85. The van der Waals surface area contributed by atoms with E-state index in [9.17, 15) is 18.4 Å². The molecule has 4 nitrogen and oxygen atoms in total. The predicted octanol–water partition coefficient (Wildman–Crippen LogP) is 2.44. The summed E-state index contributed by atoms with van der Waals surface area (Å²) in [7, 11) is 0. The number of aliphatic carboxylic acids is 1. The van der Waals surface area contributed by atoms with Crippen LogP contribution in [0, 0.1) is 23.5 Å². The van der Waals surface area contributed by atoms with Crippen molar-refractivity contribution in [2.75, 3.05) is 0 Å². The van der Waals surface area contributed by atoms with Gasteiger partial charge in [0.25, 0.3) is 0 Å².